The number of hydrogen-bond donors (Lipinski definition) is 1. The minimum Gasteiger partial charge on any atom is -0.324 e. The van der Waals surface area contributed by atoms with Crippen LogP contribution in [0.4, 0.5) is 0 Å². The molecule has 1 aromatic heterocycles. The zero-order chi connectivity index (χ0) is 14.2. The van der Waals surface area contributed by atoms with Crippen molar-refractivity contribution in [1.29, 1.82) is 0 Å². The number of nitrogens with zero attached hydrogens (tertiary/aromatic N) is 1. The Balaban J connectivity index is 1.65. The van der Waals surface area contributed by atoms with E-state index in [4.69, 9.17) is 5.73 Å². The van der Waals surface area contributed by atoms with Crippen LogP contribution in [0.5, 0.6) is 0 Å². The molecule has 1 aliphatic rings. The lowest BCUT2D eigenvalue weighted by atomic mass is 9.96. The van der Waals surface area contributed by atoms with Crippen LogP contribution in [-0.4, -0.2) is 4.98 Å². The fraction of sp³-hybridized carbons (Fsp3) is 0.211. The lowest BCUT2D eigenvalue weighted by Gasteiger charge is -2.14. The van der Waals surface area contributed by atoms with Crippen molar-refractivity contribution >= 4 is 10.9 Å². The lowest BCUT2D eigenvalue weighted by molar-refractivity contribution is 0.620. The number of fused-ring (bicyclic) bond motifs is 1. The number of aromatic nitrogens is 1. The number of pyridine rings is 1. The molecule has 0 bridgehead atoms. The van der Waals surface area contributed by atoms with Crippen molar-refractivity contribution in [2.24, 2.45) is 11.7 Å². The zero-order valence-corrected chi connectivity index (χ0v) is 11.8. The highest BCUT2D eigenvalue weighted by atomic mass is 14.7. The summed E-state index contributed by atoms with van der Waals surface area (Å²) in [5.41, 5.74) is 10.2. The average molecular weight is 274 g/mol. The largest absolute Gasteiger partial charge is 0.324 e. The van der Waals surface area contributed by atoms with E-state index in [1.807, 2.05) is 18.3 Å². The summed E-state index contributed by atoms with van der Waals surface area (Å²) in [6, 6.07) is 21.2. The van der Waals surface area contributed by atoms with Gasteiger partial charge in [0.25, 0.3) is 0 Å². The van der Waals surface area contributed by atoms with E-state index in [1.165, 1.54) is 22.9 Å². The third-order valence-electron chi connectivity index (χ3n) is 4.57. The molecular weight excluding hydrogens is 256 g/mol. The standard InChI is InChI=1S/C19H18N2/c20-19(17-12-16(17)13-6-2-1-3-7-13)15-8-4-10-18-14(15)9-5-11-21-18/h1-11,16-17,19H,12,20H2. The van der Waals surface area contributed by atoms with Gasteiger partial charge in [-0.05, 0) is 41.5 Å². The van der Waals surface area contributed by atoms with E-state index in [0.29, 0.717) is 11.8 Å². The van der Waals surface area contributed by atoms with Crippen molar-refractivity contribution in [3.05, 3.63) is 78.0 Å². The number of rotatable bonds is 3. The first kappa shape index (κ1) is 12.5. The van der Waals surface area contributed by atoms with E-state index >= 15 is 0 Å². The van der Waals surface area contributed by atoms with Gasteiger partial charge in [0.15, 0.2) is 0 Å². The fourth-order valence-corrected chi connectivity index (χ4v) is 3.34. The topological polar surface area (TPSA) is 38.9 Å². The number of hydrogen-bond acceptors (Lipinski definition) is 2. The summed E-state index contributed by atoms with van der Waals surface area (Å²) in [4.78, 5) is 4.43. The van der Waals surface area contributed by atoms with Crippen LogP contribution in [-0.2, 0) is 0 Å². The van der Waals surface area contributed by atoms with E-state index in [-0.39, 0.29) is 6.04 Å². The summed E-state index contributed by atoms with van der Waals surface area (Å²) in [7, 11) is 0. The average Bonchev–Trinajstić information content (AvgIpc) is 3.35. The molecule has 2 nitrogen and oxygen atoms in total. The van der Waals surface area contributed by atoms with Crippen LogP contribution in [0.15, 0.2) is 66.9 Å². The second-order valence-corrected chi connectivity index (χ2v) is 5.86. The summed E-state index contributed by atoms with van der Waals surface area (Å²) >= 11 is 0. The molecule has 2 heteroatoms. The van der Waals surface area contributed by atoms with E-state index in [1.54, 1.807) is 0 Å². The quantitative estimate of drug-likeness (QED) is 0.783. The van der Waals surface area contributed by atoms with Crippen molar-refractivity contribution in [2.45, 2.75) is 18.4 Å². The molecule has 4 rings (SSSR count). The molecule has 0 amide bonds. The Morgan fingerprint density at radius 1 is 0.952 bits per heavy atom. The lowest BCUT2D eigenvalue weighted by Crippen LogP contribution is -2.14. The minimum absolute atomic E-state index is 0.0862. The summed E-state index contributed by atoms with van der Waals surface area (Å²) in [5, 5.41) is 1.19. The fourth-order valence-electron chi connectivity index (χ4n) is 3.34. The minimum atomic E-state index is 0.0862. The van der Waals surface area contributed by atoms with Gasteiger partial charge in [-0.3, -0.25) is 4.98 Å². The van der Waals surface area contributed by atoms with Crippen LogP contribution in [0.2, 0.25) is 0 Å². The second-order valence-electron chi connectivity index (χ2n) is 5.86. The predicted octanol–water partition coefficient (Wildman–Crippen LogP) is 4.04. The molecule has 0 radical (unpaired) electrons. The number of benzene rings is 2. The van der Waals surface area contributed by atoms with Crippen LogP contribution in [0, 0.1) is 5.92 Å². The molecule has 3 atom stereocenters. The molecular formula is C19H18N2. The molecule has 1 fully saturated rings. The monoisotopic (exact) mass is 274 g/mol. The van der Waals surface area contributed by atoms with Gasteiger partial charge < -0.3 is 5.73 Å². The summed E-state index contributed by atoms with van der Waals surface area (Å²) in [6.45, 7) is 0. The van der Waals surface area contributed by atoms with Crippen LogP contribution >= 0.6 is 0 Å². The Bertz CT molecular complexity index is 761. The third kappa shape index (κ3) is 2.22. The molecule has 1 heterocycles. The van der Waals surface area contributed by atoms with E-state index in [2.05, 4.69) is 53.5 Å². The molecule has 1 aliphatic carbocycles. The molecule has 0 spiro atoms. The van der Waals surface area contributed by atoms with E-state index in [0.717, 1.165) is 5.52 Å². The number of nitrogens with two attached hydrogens (primary N) is 1. The molecule has 0 saturated heterocycles. The van der Waals surface area contributed by atoms with Gasteiger partial charge >= 0.3 is 0 Å². The molecule has 1 saturated carbocycles. The van der Waals surface area contributed by atoms with Gasteiger partial charge in [-0.15, -0.1) is 0 Å². The van der Waals surface area contributed by atoms with Crippen LogP contribution in [0.25, 0.3) is 10.9 Å². The van der Waals surface area contributed by atoms with Crippen LogP contribution < -0.4 is 5.73 Å². The van der Waals surface area contributed by atoms with Crippen molar-refractivity contribution in [1.82, 2.24) is 4.98 Å². The highest BCUT2D eigenvalue weighted by molar-refractivity contribution is 5.82. The molecule has 0 aliphatic heterocycles. The smallest absolute Gasteiger partial charge is 0.0705 e. The first-order valence-corrected chi connectivity index (χ1v) is 7.49. The first-order valence-electron chi connectivity index (χ1n) is 7.49. The Labute approximate surface area is 124 Å². The van der Waals surface area contributed by atoms with Crippen LogP contribution in [0.3, 0.4) is 0 Å². The molecule has 3 aromatic rings. The van der Waals surface area contributed by atoms with Gasteiger partial charge in [0, 0.05) is 17.6 Å². The third-order valence-corrected chi connectivity index (χ3v) is 4.57. The molecule has 3 unspecified atom stereocenters. The van der Waals surface area contributed by atoms with Crippen LogP contribution in [0.1, 0.15) is 29.5 Å². The summed E-state index contributed by atoms with van der Waals surface area (Å²) < 4.78 is 0. The summed E-state index contributed by atoms with van der Waals surface area (Å²) in [6.07, 6.45) is 3.02. The van der Waals surface area contributed by atoms with E-state index < -0.39 is 0 Å². The van der Waals surface area contributed by atoms with Gasteiger partial charge in [-0.25, -0.2) is 0 Å². The Morgan fingerprint density at radius 3 is 2.67 bits per heavy atom. The van der Waals surface area contributed by atoms with Gasteiger partial charge in [-0.1, -0.05) is 48.5 Å². The molecule has 104 valence electrons. The molecule has 2 N–H and O–H groups in total. The van der Waals surface area contributed by atoms with Gasteiger partial charge in [0.2, 0.25) is 0 Å². The maximum atomic E-state index is 6.57. The first-order chi connectivity index (χ1) is 10.3. The Hall–Kier alpha value is -2.19. The SMILES string of the molecule is NC(c1cccc2ncccc12)C1CC1c1ccccc1. The maximum Gasteiger partial charge on any atom is 0.0705 e. The van der Waals surface area contributed by atoms with Crippen molar-refractivity contribution < 1.29 is 0 Å². The van der Waals surface area contributed by atoms with Gasteiger partial charge in [-0.2, -0.15) is 0 Å². The summed E-state index contributed by atoms with van der Waals surface area (Å²) in [5.74, 6) is 1.14. The highest BCUT2D eigenvalue weighted by Gasteiger charge is 2.43. The van der Waals surface area contributed by atoms with Crippen molar-refractivity contribution in [3.8, 4) is 0 Å². The van der Waals surface area contributed by atoms with Gasteiger partial charge in [0.1, 0.15) is 0 Å². The van der Waals surface area contributed by atoms with Gasteiger partial charge in [0.05, 0.1) is 5.52 Å². The molecule has 21 heavy (non-hydrogen) atoms. The highest BCUT2D eigenvalue weighted by Crippen LogP contribution is 2.53. The van der Waals surface area contributed by atoms with E-state index in [9.17, 15) is 0 Å². The zero-order valence-electron chi connectivity index (χ0n) is 11.8. The predicted molar refractivity (Wildman–Crippen MR) is 86.0 cm³/mol. The normalized spacial score (nSPS) is 22.1. The van der Waals surface area contributed by atoms with Crippen molar-refractivity contribution in [3.63, 3.8) is 0 Å². The molecule has 2 aromatic carbocycles. The maximum absolute atomic E-state index is 6.57. The Morgan fingerprint density at radius 2 is 1.81 bits per heavy atom. The van der Waals surface area contributed by atoms with Crippen molar-refractivity contribution in [2.75, 3.05) is 0 Å². The Kier molecular flexibility index (Phi) is 2.97. The second kappa shape index (κ2) is 4.97.